The van der Waals surface area contributed by atoms with Gasteiger partial charge in [0.25, 0.3) is 0 Å². The molecule has 3 rings (SSSR count). The molecule has 6 nitrogen and oxygen atoms in total. The van der Waals surface area contributed by atoms with Crippen molar-refractivity contribution in [3.8, 4) is 0 Å². The van der Waals surface area contributed by atoms with E-state index in [2.05, 4.69) is 20.6 Å². The molecule has 0 saturated carbocycles. The van der Waals surface area contributed by atoms with Gasteiger partial charge in [-0.2, -0.15) is 0 Å². The van der Waals surface area contributed by atoms with Gasteiger partial charge in [0, 0.05) is 43.8 Å². The SMILES string of the molecule is O=C(CO)N1CCN(Cc2csc(Nc3ccccc3)n2)CC1. The van der Waals surface area contributed by atoms with E-state index in [1.165, 1.54) is 0 Å². The molecule has 1 aliphatic rings. The molecule has 0 bridgehead atoms. The van der Waals surface area contributed by atoms with Gasteiger partial charge in [0.1, 0.15) is 6.61 Å². The Hall–Kier alpha value is -1.96. The zero-order valence-electron chi connectivity index (χ0n) is 12.8. The number of piperazine rings is 1. The number of aromatic nitrogens is 1. The summed E-state index contributed by atoms with van der Waals surface area (Å²) in [5.74, 6) is -0.187. The van der Waals surface area contributed by atoms with Crippen molar-refractivity contribution in [2.24, 2.45) is 0 Å². The summed E-state index contributed by atoms with van der Waals surface area (Å²) in [7, 11) is 0. The van der Waals surface area contributed by atoms with Crippen molar-refractivity contribution in [3.05, 3.63) is 41.4 Å². The lowest BCUT2D eigenvalue weighted by atomic mass is 10.3. The Morgan fingerprint density at radius 3 is 2.65 bits per heavy atom. The van der Waals surface area contributed by atoms with Gasteiger partial charge in [-0.3, -0.25) is 9.69 Å². The molecule has 2 aromatic rings. The van der Waals surface area contributed by atoms with Crippen LogP contribution in [0.5, 0.6) is 0 Å². The second kappa shape index (κ2) is 7.54. The van der Waals surface area contributed by atoms with Gasteiger partial charge in [-0.05, 0) is 12.1 Å². The first-order valence-corrected chi connectivity index (χ1v) is 8.50. The Bertz CT molecular complexity index is 639. The van der Waals surface area contributed by atoms with E-state index in [1.54, 1.807) is 16.2 Å². The number of rotatable bonds is 5. The maximum atomic E-state index is 11.4. The highest BCUT2D eigenvalue weighted by Crippen LogP contribution is 2.21. The summed E-state index contributed by atoms with van der Waals surface area (Å²) in [5, 5.41) is 15.1. The zero-order valence-corrected chi connectivity index (χ0v) is 13.6. The number of benzene rings is 1. The van der Waals surface area contributed by atoms with Crippen molar-refractivity contribution in [3.63, 3.8) is 0 Å². The van der Waals surface area contributed by atoms with E-state index in [-0.39, 0.29) is 5.91 Å². The number of aliphatic hydroxyl groups is 1. The Labute approximate surface area is 139 Å². The van der Waals surface area contributed by atoms with E-state index in [0.29, 0.717) is 13.1 Å². The van der Waals surface area contributed by atoms with Crippen LogP contribution in [0.1, 0.15) is 5.69 Å². The molecule has 1 aromatic heterocycles. The van der Waals surface area contributed by atoms with Crippen LogP contribution in [0.2, 0.25) is 0 Å². The molecule has 1 aromatic carbocycles. The smallest absolute Gasteiger partial charge is 0.248 e. The molecule has 122 valence electrons. The van der Waals surface area contributed by atoms with Gasteiger partial charge in [-0.25, -0.2) is 4.98 Å². The second-order valence-electron chi connectivity index (χ2n) is 5.45. The minimum Gasteiger partial charge on any atom is -0.387 e. The minimum atomic E-state index is -0.402. The van der Waals surface area contributed by atoms with Gasteiger partial charge >= 0.3 is 0 Å². The quantitative estimate of drug-likeness (QED) is 0.869. The maximum Gasteiger partial charge on any atom is 0.248 e. The number of nitrogens with one attached hydrogen (secondary N) is 1. The van der Waals surface area contributed by atoms with Crippen LogP contribution >= 0.6 is 11.3 Å². The highest BCUT2D eigenvalue weighted by Gasteiger charge is 2.20. The van der Waals surface area contributed by atoms with Crippen LogP contribution in [0.3, 0.4) is 0 Å². The summed E-state index contributed by atoms with van der Waals surface area (Å²) in [5.41, 5.74) is 2.07. The molecule has 1 aliphatic heterocycles. The molecule has 2 N–H and O–H groups in total. The van der Waals surface area contributed by atoms with E-state index in [1.807, 2.05) is 30.3 Å². The van der Waals surface area contributed by atoms with Crippen molar-refractivity contribution in [2.45, 2.75) is 6.54 Å². The van der Waals surface area contributed by atoms with Crippen molar-refractivity contribution >= 4 is 28.1 Å². The van der Waals surface area contributed by atoms with Gasteiger partial charge in [0.2, 0.25) is 5.91 Å². The van der Waals surface area contributed by atoms with Crippen molar-refractivity contribution in [1.29, 1.82) is 0 Å². The number of hydrogen-bond acceptors (Lipinski definition) is 6. The average Bonchev–Trinajstić information content (AvgIpc) is 3.02. The van der Waals surface area contributed by atoms with Gasteiger partial charge in [0.15, 0.2) is 5.13 Å². The number of hydrogen-bond donors (Lipinski definition) is 2. The lowest BCUT2D eigenvalue weighted by Crippen LogP contribution is -2.49. The van der Waals surface area contributed by atoms with E-state index in [0.717, 1.165) is 36.1 Å². The van der Waals surface area contributed by atoms with Crippen LogP contribution in [-0.2, 0) is 11.3 Å². The molecule has 0 aliphatic carbocycles. The summed E-state index contributed by atoms with van der Waals surface area (Å²) < 4.78 is 0. The third kappa shape index (κ3) is 4.28. The van der Waals surface area contributed by atoms with Gasteiger partial charge in [0.05, 0.1) is 5.69 Å². The Morgan fingerprint density at radius 1 is 1.22 bits per heavy atom. The van der Waals surface area contributed by atoms with Gasteiger partial charge in [-0.15, -0.1) is 11.3 Å². The topological polar surface area (TPSA) is 68.7 Å². The van der Waals surface area contributed by atoms with E-state index < -0.39 is 6.61 Å². The summed E-state index contributed by atoms with van der Waals surface area (Å²) in [4.78, 5) is 20.1. The first-order valence-electron chi connectivity index (χ1n) is 7.62. The summed E-state index contributed by atoms with van der Waals surface area (Å²) >= 11 is 1.60. The monoisotopic (exact) mass is 332 g/mol. The van der Waals surface area contributed by atoms with Crippen LogP contribution < -0.4 is 5.32 Å². The molecule has 0 spiro atoms. The number of para-hydroxylation sites is 1. The van der Waals surface area contributed by atoms with Gasteiger partial charge in [-0.1, -0.05) is 18.2 Å². The fraction of sp³-hybridized carbons (Fsp3) is 0.375. The molecule has 0 unspecified atom stereocenters. The molecule has 23 heavy (non-hydrogen) atoms. The number of amides is 1. The largest absolute Gasteiger partial charge is 0.387 e. The maximum absolute atomic E-state index is 11.4. The third-order valence-corrected chi connectivity index (χ3v) is 4.63. The molecular weight excluding hydrogens is 312 g/mol. The number of carbonyl (C=O) groups is 1. The van der Waals surface area contributed by atoms with E-state index in [4.69, 9.17) is 5.11 Å². The number of anilines is 2. The molecule has 0 radical (unpaired) electrons. The first-order chi connectivity index (χ1) is 11.2. The van der Waals surface area contributed by atoms with Crippen LogP contribution in [0.4, 0.5) is 10.8 Å². The predicted molar refractivity (Wildman–Crippen MR) is 90.8 cm³/mol. The zero-order chi connectivity index (χ0) is 16.1. The van der Waals surface area contributed by atoms with Crippen molar-refractivity contribution in [2.75, 3.05) is 38.1 Å². The Balaban J connectivity index is 1.51. The second-order valence-corrected chi connectivity index (χ2v) is 6.31. The van der Waals surface area contributed by atoms with Crippen LogP contribution in [0, 0.1) is 0 Å². The number of nitrogens with zero attached hydrogens (tertiary/aromatic N) is 3. The highest BCUT2D eigenvalue weighted by atomic mass is 32.1. The fourth-order valence-electron chi connectivity index (χ4n) is 2.57. The van der Waals surface area contributed by atoms with Gasteiger partial charge < -0.3 is 15.3 Å². The van der Waals surface area contributed by atoms with E-state index in [9.17, 15) is 4.79 Å². The van der Waals surface area contributed by atoms with Crippen LogP contribution in [0.25, 0.3) is 0 Å². The Kier molecular flexibility index (Phi) is 5.22. The molecule has 1 amide bonds. The van der Waals surface area contributed by atoms with Crippen molar-refractivity contribution in [1.82, 2.24) is 14.8 Å². The molecule has 1 fully saturated rings. The fourth-order valence-corrected chi connectivity index (χ4v) is 3.29. The molecule has 1 saturated heterocycles. The van der Waals surface area contributed by atoms with Crippen LogP contribution in [0.15, 0.2) is 35.7 Å². The molecular formula is C16H20N4O2S. The van der Waals surface area contributed by atoms with Crippen LogP contribution in [-0.4, -0.2) is 58.6 Å². The lowest BCUT2D eigenvalue weighted by molar-refractivity contribution is -0.136. The molecule has 7 heteroatoms. The van der Waals surface area contributed by atoms with E-state index >= 15 is 0 Å². The Morgan fingerprint density at radius 2 is 1.96 bits per heavy atom. The number of aliphatic hydroxyl groups excluding tert-OH is 1. The third-order valence-electron chi connectivity index (χ3n) is 3.82. The molecule has 0 atom stereocenters. The minimum absolute atomic E-state index is 0.187. The highest BCUT2D eigenvalue weighted by molar-refractivity contribution is 7.13. The predicted octanol–water partition coefficient (Wildman–Crippen LogP) is 1.52. The van der Waals surface area contributed by atoms with Crippen molar-refractivity contribution < 1.29 is 9.90 Å². The normalized spacial score (nSPS) is 15.6. The summed E-state index contributed by atoms with van der Waals surface area (Å²) in [6.07, 6.45) is 0. The lowest BCUT2D eigenvalue weighted by Gasteiger charge is -2.34. The summed E-state index contributed by atoms with van der Waals surface area (Å²) in [6, 6.07) is 9.99. The standard InChI is InChI=1S/C16H20N4O2S/c21-11-15(22)20-8-6-19(7-9-20)10-14-12-23-16(18-14)17-13-4-2-1-3-5-13/h1-5,12,21H,6-11H2,(H,17,18). The number of carbonyl (C=O) groups excluding carboxylic acids is 1. The summed E-state index contributed by atoms with van der Waals surface area (Å²) in [6.45, 7) is 3.33. The average molecular weight is 332 g/mol. The number of thiazole rings is 1. The first kappa shape index (κ1) is 15.9. The molecule has 2 heterocycles.